The number of nitrogens with one attached hydrogen (secondary N) is 1. The van der Waals surface area contributed by atoms with Crippen molar-refractivity contribution in [1.29, 1.82) is 0 Å². The molecule has 0 bridgehead atoms. The number of nitrogens with zero attached hydrogens (tertiary/aromatic N) is 1. The summed E-state index contributed by atoms with van der Waals surface area (Å²) in [4.78, 5) is 3.79. The van der Waals surface area contributed by atoms with Crippen LogP contribution < -0.4 is 15.8 Å². The summed E-state index contributed by atoms with van der Waals surface area (Å²) >= 11 is 0. The van der Waals surface area contributed by atoms with E-state index < -0.39 is 11.6 Å². The number of alkyl halides is 3. The second-order valence-electron chi connectivity index (χ2n) is 4.83. The molecule has 0 heterocycles. The fourth-order valence-corrected chi connectivity index (χ4v) is 1.78. The molecular formula is C13H16F3N3O. The summed E-state index contributed by atoms with van der Waals surface area (Å²) in [6.45, 7) is -0.328. The van der Waals surface area contributed by atoms with Gasteiger partial charge in [0.25, 0.3) is 0 Å². The van der Waals surface area contributed by atoms with Crippen LogP contribution in [0.15, 0.2) is 29.3 Å². The van der Waals surface area contributed by atoms with Crippen LogP contribution in [0, 0.1) is 5.41 Å². The van der Waals surface area contributed by atoms with Crippen LogP contribution in [0.25, 0.3) is 0 Å². The standard InChI is InChI=1S/C13H16F3N3O/c1-20-10-4-2-9(3-5-10)19-11(17)18-8-12(6-7-12)13(14,15)16/h2-5H,6-8H2,1H3,(H3,17,18,19). The Morgan fingerprint density at radius 1 is 1.35 bits per heavy atom. The maximum absolute atomic E-state index is 12.7. The number of nitrogens with two attached hydrogens (primary N) is 1. The van der Waals surface area contributed by atoms with Crippen LogP contribution in [0.1, 0.15) is 12.8 Å². The quantitative estimate of drug-likeness (QED) is 0.661. The molecule has 20 heavy (non-hydrogen) atoms. The summed E-state index contributed by atoms with van der Waals surface area (Å²) < 4.78 is 43.1. The predicted octanol–water partition coefficient (Wildman–Crippen LogP) is 2.76. The number of anilines is 1. The molecule has 0 saturated heterocycles. The molecule has 1 aliphatic rings. The van der Waals surface area contributed by atoms with Gasteiger partial charge in [0.1, 0.15) is 5.75 Å². The number of aliphatic imine (C=N–C) groups is 1. The number of hydrogen-bond acceptors (Lipinski definition) is 2. The van der Waals surface area contributed by atoms with Gasteiger partial charge in [-0.15, -0.1) is 0 Å². The van der Waals surface area contributed by atoms with Gasteiger partial charge in [-0.2, -0.15) is 13.2 Å². The highest BCUT2D eigenvalue weighted by atomic mass is 19.4. The van der Waals surface area contributed by atoms with E-state index in [0.29, 0.717) is 11.4 Å². The van der Waals surface area contributed by atoms with Gasteiger partial charge in [0.2, 0.25) is 0 Å². The van der Waals surface area contributed by atoms with Gasteiger partial charge in [-0.05, 0) is 37.1 Å². The van der Waals surface area contributed by atoms with E-state index in [4.69, 9.17) is 10.5 Å². The van der Waals surface area contributed by atoms with E-state index in [9.17, 15) is 13.2 Å². The lowest BCUT2D eigenvalue weighted by Crippen LogP contribution is -2.30. The lowest BCUT2D eigenvalue weighted by atomic mass is 10.1. The monoisotopic (exact) mass is 287 g/mol. The Morgan fingerprint density at radius 3 is 2.40 bits per heavy atom. The summed E-state index contributed by atoms with van der Waals surface area (Å²) in [5, 5.41) is 2.75. The fraction of sp³-hybridized carbons (Fsp3) is 0.462. The van der Waals surface area contributed by atoms with Crippen LogP contribution in [0.2, 0.25) is 0 Å². The summed E-state index contributed by atoms with van der Waals surface area (Å²) in [6, 6.07) is 6.84. The minimum atomic E-state index is -4.21. The molecule has 1 aromatic carbocycles. The van der Waals surface area contributed by atoms with Gasteiger partial charge in [0.05, 0.1) is 19.1 Å². The molecule has 1 aromatic rings. The zero-order chi connectivity index (χ0) is 14.8. The van der Waals surface area contributed by atoms with E-state index in [1.165, 1.54) is 0 Å². The summed E-state index contributed by atoms with van der Waals surface area (Å²) in [5.41, 5.74) is 4.57. The molecule has 1 fully saturated rings. The molecule has 0 atom stereocenters. The molecule has 0 spiro atoms. The fourth-order valence-electron chi connectivity index (χ4n) is 1.78. The van der Waals surface area contributed by atoms with Crippen LogP contribution >= 0.6 is 0 Å². The van der Waals surface area contributed by atoms with Crippen LogP contribution in [0.4, 0.5) is 18.9 Å². The van der Waals surface area contributed by atoms with Gasteiger partial charge in [-0.1, -0.05) is 0 Å². The zero-order valence-electron chi connectivity index (χ0n) is 11.0. The van der Waals surface area contributed by atoms with Crippen LogP contribution in [-0.4, -0.2) is 25.8 Å². The number of halogens is 3. The molecule has 0 aromatic heterocycles. The second kappa shape index (κ2) is 5.22. The number of guanidine groups is 1. The Labute approximate surface area is 114 Å². The van der Waals surface area contributed by atoms with E-state index in [0.717, 1.165) is 0 Å². The number of benzene rings is 1. The molecule has 0 unspecified atom stereocenters. The predicted molar refractivity (Wildman–Crippen MR) is 70.8 cm³/mol. The number of methoxy groups -OCH3 is 1. The highest BCUT2D eigenvalue weighted by molar-refractivity contribution is 5.92. The van der Waals surface area contributed by atoms with Crippen molar-refractivity contribution in [2.24, 2.45) is 16.1 Å². The van der Waals surface area contributed by atoms with Crippen molar-refractivity contribution < 1.29 is 17.9 Å². The highest BCUT2D eigenvalue weighted by Crippen LogP contribution is 2.57. The van der Waals surface area contributed by atoms with Crippen LogP contribution in [-0.2, 0) is 0 Å². The van der Waals surface area contributed by atoms with E-state index in [1.807, 2.05) is 0 Å². The Morgan fingerprint density at radius 2 is 1.95 bits per heavy atom. The minimum absolute atomic E-state index is 0.0225. The average Bonchev–Trinajstić information content (AvgIpc) is 3.18. The first kappa shape index (κ1) is 14.5. The molecule has 2 rings (SSSR count). The second-order valence-corrected chi connectivity index (χ2v) is 4.83. The van der Waals surface area contributed by atoms with E-state index >= 15 is 0 Å². The van der Waals surface area contributed by atoms with Gasteiger partial charge in [-0.25, -0.2) is 0 Å². The summed E-state index contributed by atoms with van der Waals surface area (Å²) in [5.74, 6) is 0.658. The maximum Gasteiger partial charge on any atom is 0.396 e. The zero-order valence-corrected chi connectivity index (χ0v) is 11.0. The van der Waals surface area contributed by atoms with Gasteiger partial charge in [0, 0.05) is 5.69 Å². The van der Waals surface area contributed by atoms with Gasteiger partial charge in [0.15, 0.2) is 5.96 Å². The largest absolute Gasteiger partial charge is 0.497 e. The maximum atomic E-state index is 12.7. The van der Waals surface area contributed by atoms with Crippen molar-refractivity contribution in [3.05, 3.63) is 24.3 Å². The average molecular weight is 287 g/mol. The van der Waals surface area contributed by atoms with Crippen molar-refractivity contribution in [3.8, 4) is 5.75 Å². The van der Waals surface area contributed by atoms with Gasteiger partial charge in [-0.3, -0.25) is 4.99 Å². The Bertz CT molecular complexity index is 493. The third-order valence-electron chi connectivity index (χ3n) is 3.37. The molecule has 110 valence electrons. The minimum Gasteiger partial charge on any atom is -0.497 e. The van der Waals surface area contributed by atoms with E-state index in [-0.39, 0.29) is 25.3 Å². The van der Waals surface area contributed by atoms with Crippen molar-refractivity contribution in [1.82, 2.24) is 0 Å². The molecule has 3 N–H and O–H groups in total. The summed E-state index contributed by atoms with van der Waals surface area (Å²) in [6.07, 6.45) is -3.97. The SMILES string of the molecule is COc1ccc(NC(N)=NCC2(C(F)(F)F)CC2)cc1. The van der Waals surface area contributed by atoms with E-state index in [2.05, 4.69) is 10.3 Å². The third-order valence-corrected chi connectivity index (χ3v) is 3.37. The van der Waals surface area contributed by atoms with Crippen molar-refractivity contribution >= 4 is 11.6 Å². The van der Waals surface area contributed by atoms with Gasteiger partial charge < -0.3 is 15.8 Å². The third kappa shape index (κ3) is 3.15. The van der Waals surface area contributed by atoms with Crippen molar-refractivity contribution in [3.63, 3.8) is 0 Å². The molecule has 1 saturated carbocycles. The number of hydrogen-bond donors (Lipinski definition) is 2. The molecule has 4 nitrogen and oxygen atoms in total. The Kier molecular flexibility index (Phi) is 3.78. The van der Waals surface area contributed by atoms with Crippen LogP contribution in [0.3, 0.4) is 0 Å². The molecule has 0 aliphatic heterocycles. The number of rotatable bonds is 4. The molecular weight excluding hydrogens is 271 g/mol. The molecule has 1 aliphatic carbocycles. The van der Waals surface area contributed by atoms with Crippen LogP contribution in [0.5, 0.6) is 5.75 Å². The smallest absolute Gasteiger partial charge is 0.396 e. The van der Waals surface area contributed by atoms with Gasteiger partial charge >= 0.3 is 6.18 Å². The molecule has 0 radical (unpaired) electrons. The Balaban J connectivity index is 1.94. The topological polar surface area (TPSA) is 59.6 Å². The van der Waals surface area contributed by atoms with E-state index in [1.54, 1.807) is 31.4 Å². The normalized spacial score (nSPS) is 17.7. The first-order valence-electron chi connectivity index (χ1n) is 6.14. The molecule has 0 amide bonds. The highest BCUT2D eigenvalue weighted by Gasteiger charge is 2.63. The van der Waals surface area contributed by atoms with Crippen molar-refractivity contribution in [2.45, 2.75) is 19.0 Å². The first-order chi connectivity index (χ1) is 9.36. The molecule has 7 heteroatoms. The van der Waals surface area contributed by atoms with Crippen molar-refractivity contribution in [2.75, 3.05) is 19.0 Å². The lowest BCUT2D eigenvalue weighted by Gasteiger charge is -2.17. The lowest BCUT2D eigenvalue weighted by molar-refractivity contribution is -0.183. The first-order valence-corrected chi connectivity index (χ1v) is 6.14. The number of ether oxygens (including phenoxy) is 1. The summed E-state index contributed by atoms with van der Waals surface area (Å²) in [7, 11) is 1.55. The Hall–Kier alpha value is -1.92.